The lowest BCUT2D eigenvalue weighted by atomic mass is 9.79. The zero-order chi connectivity index (χ0) is 14.5. The van der Waals surface area contributed by atoms with E-state index in [-0.39, 0.29) is 0 Å². The summed E-state index contributed by atoms with van der Waals surface area (Å²) in [6, 6.07) is 8.85. The maximum atomic E-state index is 9.29. The topological polar surface area (TPSA) is 32.3 Å². The van der Waals surface area contributed by atoms with Gasteiger partial charge in [0.15, 0.2) is 0 Å². The van der Waals surface area contributed by atoms with Crippen LogP contribution in [0.3, 0.4) is 0 Å². The van der Waals surface area contributed by atoms with E-state index in [9.17, 15) is 5.11 Å². The predicted molar refractivity (Wildman–Crippen MR) is 85.0 cm³/mol. The molecule has 1 saturated carbocycles. The van der Waals surface area contributed by atoms with Crippen molar-refractivity contribution in [1.82, 2.24) is 5.32 Å². The Morgan fingerprint density at radius 3 is 2.55 bits per heavy atom. The van der Waals surface area contributed by atoms with Gasteiger partial charge in [0, 0.05) is 12.1 Å². The Morgan fingerprint density at radius 2 is 1.90 bits per heavy atom. The van der Waals surface area contributed by atoms with Crippen LogP contribution in [-0.4, -0.2) is 17.2 Å². The zero-order valence-corrected chi connectivity index (χ0v) is 13.1. The molecule has 4 unspecified atom stereocenters. The number of hydrogen-bond donors (Lipinski definition) is 2. The Morgan fingerprint density at radius 1 is 1.20 bits per heavy atom. The van der Waals surface area contributed by atoms with Crippen molar-refractivity contribution in [3.8, 4) is 5.75 Å². The molecule has 2 heteroatoms. The van der Waals surface area contributed by atoms with E-state index < -0.39 is 0 Å². The highest BCUT2D eigenvalue weighted by Crippen LogP contribution is 2.29. The number of aryl methyl sites for hydroxylation is 1. The van der Waals surface area contributed by atoms with Gasteiger partial charge in [-0.3, -0.25) is 0 Å². The predicted octanol–water partition coefficient (Wildman–Crippen LogP) is 4.13. The molecule has 4 atom stereocenters. The monoisotopic (exact) mass is 275 g/mol. The van der Waals surface area contributed by atoms with Gasteiger partial charge in [0.2, 0.25) is 0 Å². The van der Waals surface area contributed by atoms with Gasteiger partial charge < -0.3 is 10.4 Å². The lowest BCUT2D eigenvalue weighted by molar-refractivity contribution is 0.214. The van der Waals surface area contributed by atoms with E-state index in [0.29, 0.717) is 17.8 Å². The fourth-order valence-electron chi connectivity index (χ4n) is 3.41. The van der Waals surface area contributed by atoms with Crippen LogP contribution >= 0.6 is 0 Å². The Hall–Kier alpha value is -1.02. The van der Waals surface area contributed by atoms with Gasteiger partial charge in [-0.15, -0.1) is 0 Å². The molecule has 0 saturated heterocycles. The summed E-state index contributed by atoms with van der Waals surface area (Å²) in [5, 5.41) is 13.1. The molecule has 2 nitrogen and oxygen atoms in total. The van der Waals surface area contributed by atoms with E-state index in [2.05, 4.69) is 26.1 Å². The van der Waals surface area contributed by atoms with Crippen molar-refractivity contribution in [1.29, 1.82) is 0 Å². The normalized spacial score (nSPS) is 28.2. The summed E-state index contributed by atoms with van der Waals surface area (Å²) in [6.45, 7) is 7.06. The number of nitrogens with one attached hydrogen (secondary N) is 1. The van der Waals surface area contributed by atoms with E-state index in [4.69, 9.17) is 0 Å². The van der Waals surface area contributed by atoms with Crippen LogP contribution in [0.25, 0.3) is 0 Å². The maximum absolute atomic E-state index is 9.29. The number of benzene rings is 1. The molecular formula is C18H29NO. The van der Waals surface area contributed by atoms with Crippen molar-refractivity contribution < 1.29 is 5.11 Å². The van der Waals surface area contributed by atoms with E-state index in [1.807, 2.05) is 12.1 Å². The second-order valence-corrected chi connectivity index (χ2v) is 6.77. The van der Waals surface area contributed by atoms with E-state index in [1.165, 1.54) is 24.8 Å². The highest BCUT2D eigenvalue weighted by molar-refractivity contribution is 5.25. The van der Waals surface area contributed by atoms with Crippen molar-refractivity contribution in [2.24, 2.45) is 11.8 Å². The van der Waals surface area contributed by atoms with Crippen LogP contribution in [0.4, 0.5) is 0 Å². The summed E-state index contributed by atoms with van der Waals surface area (Å²) in [4.78, 5) is 0. The second kappa shape index (κ2) is 7.12. The van der Waals surface area contributed by atoms with Crippen molar-refractivity contribution >= 4 is 0 Å². The highest BCUT2D eigenvalue weighted by atomic mass is 16.3. The molecular weight excluding hydrogens is 246 g/mol. The van der Waals surface area contributed by atoms with Crippen LogP contribution < -0.4 is 5.32 Å². The van der Waals surface area contributed by atoms with Gasteiger partial charge >= 0.3 is 0 Å². The molecule has 1 aromatic carbocycles. The average molecular weight is 275 g/mol. The van der Waals surface area contributed by atoms with Gasteiger partial charge in [0.25, 0.3) is 0 Å². The first-order valence-electron chi connectivity index (χ1n) is 8.08. The largest absolute Gasteiger partial charge is 0.508 e. The standard InChI is InChI=1S/C18H29NO/c1-13-4-11-18(14(2)12-13)19-15(3)5-6-16-7-9-17(20)10-8-16/h7-10,13-15,18-20H,4-6,11-12H2,1-3H3. The molecule has 0 heterocycles. The molecule has 1 aromatic rings. The first-order valence-corrected chi connectivity index (χ1v) is 8.08. The molecule has 2 rings (SSSR count). The van der Waals surface area contributed by atoms with E-state index in [0.717, 1.165) is 24.7 Å². The number of aromatic hydroxyl groups is 1. The third-order valence-electron chi connectivity index (χ3n) is 4.73. The highest BCUT2D eigenvalue weighted by Gasteiger charge is 2.25. The number of hydrogen-bond acceptors (Lipinski definition) is 2. The molecule has 0 bridgehead atoms. The van der Waals surface area contributed by atoms with Crippen molar-refractivity contribution in [2.75, 3.05) is 0 Å². The van der Waals surface area contributed by atoms with Crippen LogP contribution in [0.15, 0.2) is 24.3 Å². The van der Waals surface area contributed by atoms with Crippen molar-refractivity contribution in [3.05, 3.63) is 29.8 Å². The van der Waals surface area contributed by atoms with Gasteiger partial charge in [0.05, 0.1) is 0 Å². The van der Waals surface area contributed by atoms with Crippen LogP contribution in [0.5, 0.6) is 5.75 Å². The Balaban J connectivity index is 1.75. The number of rotatable bonds is 5. The molecule has 0 spiro atoms. The van der Waals surface area contributed by atoms with Gasteiger partial charge in [-0.2, -0.15) is 0 Å². The summed E-state index contributed by atoms with van der Waals surface area (Å²) in [7, 11) is 0. The zero-order valence-electron chi connectivity index (χ0n) is 13.1. The summed E-state index contributed by atoms with van der Waals surface area (Å²) in [5.74, 6) is 2.05. The molecule has 0 radical (unpaired) electrons. The summed E-state index contributed by atoms with van der Waals surface area (Å²) >= 11 is 0. The lowest BCUT2D eigenvalue weighted by Gasteiger charge is -2.35. The van der Waals surface area contributed by atoms with Gasteiger partial charge in [0.1, 0.15) is 5.75 Å². The lowest BCUT2D eigenvalue weighted by Crippen LogP contribution is -2.43. The quantitative estimate of drug-likeness (QED) is 0.847. The van der Waals surface area contributed by atoms with Crippen LogP contribution in [0.2, 0.25) is 0 Å². The van der Waals surface area contributed by atoms with Crippen LogP contribution in [0, 0.1) is 11.8 Å². The first-order chi connectivity index (χ1) is 9.54. The SMILES string of the molecule is CC1CCC(NC(C)CCc2ccc(O)cc2)C(C)C1. The fourth-order valence-corrected chi connectivity index (χ4v) is 3.41. The summed E-state index contributed by atoms with van der Waals surface area (Å²) in [6.07, 6.45) is 6.29. The molecule has 2 N–H and O–H groups in total. The van der Waals surface area contributed by atoms with Crippen LogP contribution in [-0.2, 0) is 6.42 Å². The average Bonchev–Trinajstić information content (AvgIpc) is 2.41. The molecule has 1 aliphatic carbocycles. The minimum absolute atomic E-state index is 0.352. The number of phenolic OH excluding ortho intramolecular Hbond substituents is 1. The summed E-state index contributed by atoms with van der Waals surface area (Å²) < 4.78 is 0. The minimum atomic E-state index is 0.352. The smallest absolute Gasteiger partial charge is 0.115 e. The third kappa shape index (κ3) is 4.52. The molecule has 20 heavy (non-hydrogen) atoms. The van der Waals surface area contributed by atoms with Gasteiger partial charge in [-0.1, -0.05) is 26.0 Å². The number of phenols is 1. The summed E-state index contributed by atoms with van der Waals surface area (Å²) in [5.41, 5.74) is 1.31. The van der Waals surface area contributed by atoms with Gasteiger partial charge in [-0.25, -0.2) is 0 Å². The molecule has 1 fully saturated rings. The molecule has 1 aliphatic rings. The molecule has 0 amide bonds. The molecule has 0 aromatic heterocycles. The molecule has 0 aliphatic heterocycles. The Labute approximate surface area is 123 Å². The Bertz CT molecular complexity index is 400. The van der Waals surface area contributed by atoms with Crippen LogP contribution in [0.1, 0.15) is 52.0 Å². The Kier molecular flexibility index (Phi) is 5.47. The van der Waals surface area contributed by atoms with Crippen molar-refractivity contribution in [3.63, 3.8) is 0 Å². The van der Waals surface area contributed by atoms with Crippen molar-refractivity contribution in [2.45, 2.75) is 65.0 Å². The minimum Gasteiger partial charge on any atom is -0.508 e. The second-order valence-electron chi connectivity index (χ2n) is 6.77. The van der Waals surface area contributed by atoms with Gasteiger partial charge in [-0.05, 0) is 68.6 Å². The maximum Gasteiger partial charge on any atom is 0.115 e. The van der Waals surface area contributed by atoms with E-state index >= 15 is 0 Å². The van der Waals surface area contributed by atoms with E-state index in [1.54, 1.807) is 12.1 Å². The first kappa shape index (κ1) is 15.4. The fraction of sp³-hybridized carbons (Fsp3) is 0.667. The molecule has 112 valence electrons. The third-order valence-corrected chi connectivity index (χ3v) is 4.73.